The summed E-state index contributed by atoms with van der Waals surface area (Å²) in [5, 5.41) is 3.50. The average Bonchev–Trinajstić information content (AvgIpc) is 3.00. The molecule has 1 saturated carbocycles. The van der Waals surface area contributed by atoms with Gasteiger partial charge in [0.05, 0.1) is 17.7 Å². The Morgan fingerprint density at radius 2 is 1.70 bits per heavy atom. The van der Waals surface area contributed by atoms with Gasteiger partial charge in [-0.05, 0) is 74.2 Å². The van der Waals surface area contributed by atoms with Crippen LogP contribution in [0.25, 0.3) is 0 Å². The van der Waals surface area contributed by atoms with Gasteiger partial charge >= 0.3 is 0 Å². The Hall–Kier alpha value is -3.56. The van der Waals surface area contributed by atoms with E-state index in [4.69, 9.17) is 16.3 Å². The van der Waals surface area contributed by atoms with Crippen molar-refractivity contribution in [3.05, 3.63) is 88.9 Å². The number of halogens is 1. The van der Waals surface area contributed by atoms with Gasteiger partial charge in [-0.3, -0.25) is 13.9 Å². The first kappa shape index (κ1) is 32.4. The second kappa shape index (κ2) is 14.8. The molecule has 230 valence electrons. The fraction of sp³-hybridized carbons (Fsp3) is 0.394. The summed E-state index contributed by atoms with van der Waals surface area (Å²) in [6.45, 7) is 3.46. The summed E-state index contributed by atoms with van der Waals surface area (Å²) in [7, 11) is -2.71. The highest BCUT2D eigenvalue weighted by Crippen LogP contribution is 2.28. The van der Waals surface area contributed by atoms with E-state index in [0.29, 0.717) is 17.2 Å². The number of carbonyl (C=O) groups is 2. The molecule has 1 aliphatic rings. The highest BCUT2D eigenvalue weighted by Gasteiger charge is 2.34. The van der Waals surface area contributed by atoms with E-state index >= 15 is 0 Å². The van der Waals surface area contributed by atoms with Gasteiger partial charge in [0, 0.05) is 17.6 Å². The molecule has 4 rings (SSSR count). The third-order valence-corrected chi connectivity index (χ3v) is 9.82. The number of carbonyl (C=O) groups excluding carboxylic acids is 2. The Morgan fingerprint density at radius 3 is 2.33 bits per heavy atom. The molecule has 1 aliphatic carbocycles. The van der Waals surface area contributed by atoms with E-state index in [1.165, 1.54) is 30.2 Å². The zero-order chi connectivity index (χ0) is 31.0. The van der Waals surface area contributed by atoms with Crippen molar-refractivity contribution in [2.24, 2.45) is 0 Å². The predicted molar refractivity (Wildman–Crippen MR) is 170 cm³/mol. The second-order valence-electron chi connectivity index (χ2n) is 10.9. The van der Waals surface area contributed by atoms with Crippen LogP contribution in [-0.4, -0.2) is 50.9 Å². The molecule has 3 aromatic carbocycles. The minimum atomic E-state index is -4.21. The van der Waals surface area contributed by atoms with Crippen LogP contribution in [0.3, 0.4) is 0 Å². The van der Waals surface area contributed by atoms with E-state index in [1.54, 1.807) is 30.3 Å². The van der Waals surface area contributed by atoms with E-state index in [1.807, 2.05) is 38.1 Å². The molecule has 0 radical (unpaired) electrons. The van der Waals surface area contributed by atoms with Gasteiger partial charge in [0.2, 0.25) is 11.8 Å². The summed E-state index contributed by atoms with van der Waals surface area (Å²) >= 11 is 6.27. The molecule has 1 N–H and O–H groups in total. The Kier molecular flexibility index (Phi) is 11.1. The van der Waals surface area contributed by atoms with Crippen LogP contribution in [0, 0.1) is 6.92 Å². The molecule has 0 aromatic heterocycles. The molecule has 10 heteroatoms. The Morgan fingerprint density at radius 1 is 1.00 bits per heavy atom. The first-order valence-electron chi connectivity index (χ1n) is 14.7. The lowest BCUT2D eigenvalue weighted by Gasteiger charge is -2.34. The van der Waals surface area contributed by atoms with Crippen molar-refractivity contribution >= 4 is 39.1 Å². The summed E-state index contributed by atoms with van der Waals surface area (Å²) in [5.74, 6) is -0.213. The van der Waals surface area contributed by atoms with Crippen LogP contribution in [-0.2, 0) is 26.2 Å². The number of amides is 2. The van der Waals surface area contributed by atoms with Gasteiger partial charge in [0.15, 0.2) is 0 Å². The summed E-state index contributed by atoms with van der Waals surface area (Å²) < 4.78 is 34.3. The Balaban J connectivity index is 1.71. The quantitative estimate of drug-likeness (QED) is 0.262. The maximum absolute atomic E-state index is 14.3. The number of ether oxygens (including phenoxy) is 1. The van der Waals surface area contributed by atoms with Crippen LogP contribution in [0.4, 0.5) is 5.69 Å². The van der Waals surface area contributed by atoms with E-state index < -0.39 is 28.5 Å². The largest absolute Gasteiger partial charge is 0.497 e. The van der Waals surface area contributed by atoms with Crippen molar-refractivity contribution in [3.63, 3.8) is 0 Å². The number of hydrogen-bond acceptors (Lipinski definition) is 5. The zero-order valence-electron chi connectivity index (χ0n) is 25.0. The van der Waals surface area contributed by atoms with Gasteiger partial charge < -0.3 is 15.0 Å². The minimum absolute atomic E-state index is 0.00612. The average molecular weight is 626 g/mol. The summed E-state index contributed by atoms with van der Waals surface area (Å²) in [6.07, 6.45) is 5.48. The molecule has 1 atom stereocenters. The van der Waals surface area contributed by atoms with Crippen LogP contribution in [0.15, 0.2) is 77.7 Å². The summed E-state index contributed by atoms with van der Waals surface area (Å²) in [4.78, 5) is 29.4. The molecular formula is C33H40ClN3O5S. The highest BCUT2D eigenvalue weighted by molar-refractivity contribution is 7.92. The molecule has 2 amide bonds. The molecule has 43 heavy (non-hydrogen) atoms. The topological polar surface area (TPSA) is 96.0 Å². The number of nitrogens with one attached hydrogen (secondary N) is 1. The van der Waals surface area contributed by atoms with Gasteiger partial charge in [-0.1, -0.05) is 73.7 Å². The van der Waals surface area contributed by atoms with E-state index in [2.05, 4.69) is 5.32 Å². The molecule has 0 bridgehead atoms. The number of methoxy groups -OCH3 is 1. The molecule has 0 unspecified atom stereocenters. The number of anilines is 1. The standard InChI is InChI=1S/C33H40ClN3O5S/c1-4-31(33(39)35-27-13-6-5-7-14-27)36(22-25-11-8-10-24(2)20-25)32(38)23-37(28-15-9-12-26(34)21-28)43(40,41)30-18-16-29(42-3)17-19-30/h8-12,15-21,27,31H,4-7,13-14,22-23H2,1-3H3,(H,35,39)/t31-/m0/s1. The number of nitrogens with zero attached hydrogens (tertiary/aromatic N) is 2. The first-order valence-corrected chi connectivity index (χ1v) is 16.5. The fourth-order valence-corrected chi connectivity index (χ4v) is 7.10. The van der Waals surface area contributed by atoms with Crippen LogP contribution in [0.5, 0.6) is 5.75 Å². The zero-order valence-corrected chi connectivity index (χ0v) is 26.5. The van der Waals surface area contributed by atoms with Crippen LogP contribution >= 0.6 is 11.6 Å². The minimum Gasteiger partial charge on any atom is -0.497 e. The lowest BCUT2D eigenvalue weighted by Crippen LogP contribution is -2.54. The van der Waals surface area contributed by atoms with Gasteiger partial charge in [0.25, 0.3) is 10.0 Å². The molecule has 1 fully saturated rings. The smallest absolute Gasteiger partial charge is 0.264 e. The van der Waals surface area contributed by atoms with Crippen LogP contribution in [0.2, 0.25) is 5.02 Å². The molecule has 3 aromatic rings. The molecule has 0 heterocycles. The maximum atomic E-state index is 14.3. The SMILES string of the molecule is CC[C@@H](C(=O)NC1CCCCC1)N(Cc1cccc(C)c1)C(=O)CN(c1cccc(Cl)c1)S(=O)(=O)c1ccc(OC)cc1. The normalized spacial score (nSPS) is 14.5. The van der Waals surface area contributed by atoms with Gasteiger partial charge in [-0.2, -0.15) is 0 Å². The third kappa shape index (κ3) is 8.30. The van der Waals surface area contributed by atoms with Crippen molar-refractivity contribution in [1.29, 1.82) is 0 Å². The molecular weight excluding hydrogens is 586 g/mol. The van der Waals surface area contributed by atoms with Crippen molar-refractivity contribution in [2.75, 3.05) is 18.0 Å². The third-order valence-electron chi connectivity index (χ3n) is 7.80. The second-order valence-corrected chi connectivity index (χ2v) is 13.2. The van der Waals surface area contributed by atoms with Crippen molar-refractivity contribution in [2.45, 2.75) is 75.9 Å². The van der Waals surface area contributed by atoms with E-state index in [-0.39, 0.29) is 29.1 Å². The molecule has 8 nitrogen and oxygen atoms in total. The first-order chi connectivity index (χ1) is 20.6. The van der Waals surface area contributed by atoms with Crippen LogP contribution in [0.1, 0.15) is 56.6 Å². The number of aryl methyl sites for hydroxylation is 1. The number of rotatable bonds is 12. The van der Waals surface area contributed by atoms with E-state index in [0.717, 1.165) is 47.5 Å². The van der Waals surface area contributed by atoms with E-state index in [9.17, 15) is 18.0 Å². The Labute approximate surface area is 260 Å². The van der Waals surface area contributed by atoms with Crippen LogP contribution < -0.4 is 14.4 Å². The lowest BCUT2D eigenvalue weighted by atomic mass is 9.95. The molecule has 0 aliphatic heterocycles. The Bertz CT molecular complexity index is 1510. The summed E-state index contributed by atoms with van der Waals surface area (Å²) in [6, 6.07) is 19.4. The highest BCUT2D eigenvalue weighted by atomic mass is 35.5. The monoisotopic (exact) mass is 625 g/mol. The van der Waals surface area contributed by atoms with Crippen molar-refractivity contribution < 1.29 is 22.7 Å². The molecule has 0 saturated heterocycles. The predicted octanol–water partition coefficient (Wildman–Crippen LogP) is 6.11. The van der Waals surface area contributed by atoms with Gasteiger partial charge in [-0.15, -0.1) is 0 Å². The fourth-order valence-electron chi connectivity index (χ4n) is 5.51. The van der Waals surface area contributed by atoms with Gasteiger partial charge in [-0.25, -0.2) is 8.42 Å². The summed E-state index contributed by atoms with van der Waals surface area (Å²) in [5.41, 5.74) is 2.11. The van der Waals surface area contributed by atoms with Crippen molar-refractivity contribution in [1.82, 2.24) is 10.2 Å². The lowest BCUT2D eigenvalue weighted by molar-refractivity contribution is -0.140. The van der Waals surface area contributed by atoms with Crippen molar-refractivity contribution in [3.8, 4) is 5.75 Å². The molecule has 0 spiro atoms. The number of benzene rings is 3. The maximum Gasteiger partial charge on any atom is 0.264 e. The number of sulfonamides is 1. The van der Waals surface area contributed by atoms with Gasteiger partial charge in [0.1, 0.15) is 18.3 Å². The number of hydrogen-bond donors (Lipinski definition) is 1.